The fraction of sp³-hybridized carbons (Fsp3) is 0.682. The Balaban J connectivity index is 1.48. The summed E-state index contributed by atoms with van der Waals surface area (Å²) in [4.78, 5) is 15.6. The zero-order valence-corrected chi connectivity index (χ0v) is 20.2. The molecule has 3 fully saturated rings. The summed E-state index contributed by atoms with van der Waals surface area (Å²) in [5.41, 5.74) is 0.416. The van der Waals surface area contributed by atoms with E-state index in [1.54, 1.807) is 12.0 Å². The van der Waals surface area contributed by atoms with Crippen LogP contribution in [0.5, 0.6) is 5.75 Å². The van der Waals surface area contributed by atoms with Crippen LogP contribution in [0.2, 0.25) is 0 Å². The van der Waals surface area contributed by atoms with Crippen LogP contribution in [0.3, 0.4) is 0 Å². The highest BCUT2D eigenvalue weighted by Gasteiger charge is 2.46. The first kappa shape index (κ1) is 23.5. The Kier molecular flexibility index (Phi) is 6.57. The van der Waals surface area contributed by atoms with Crippen LogP contribution in [-0.4, -0.2) is 82.0 Å². The number of hydrogen-bond donors (Lipinski definition) is 0. The summed E-state index contributed by atoms with van der Waals surface area (Å²) in [7, 11) is -5.34. The van der Waals surface area contributed by atoms with Gasteiger partial charge in [-0.15, -0.1) is 0 Å². The Morgan fingerprint density at radius 1 is 1.03 bits per heavy atom. The quantitative estimate of drug-likeness (QED) is 0.629. The molecule has 0 N–H and O–H groups in total. The van der Waals surface area contributed by atoms with E-state index < -0.39 is 30.5 Å². The van der Waals surface area contributed by atoms with Crippen molar-refractivity contribution < 1.29 is 26.4 Å². The van der Waals surface area contributed by atoms with E-state index >= 15 is 0 Å². The lowest BCUT2D eigenvalue weighted by Crippen LogP contribution is -2.57. The predicted molar refractivity (Wildman–Crippen MR) is 122 cm³/mol. The number of sulfone groups is 1. The van der Waals surface area contributed by atoms with Crippen LogP contribution in [0.15, 0.2) is 24.3 Å². The molecule has 0 radical (unpaired) electrons. The van der Waals surface area contributed by atoms with Gasteiger partial charge in [0.1, 0.15) is 5.75 Å². The minimum atomic E-state index is -3.68. The summed E-state index contributed by atoms with van der Waals surface area (Å²) >= 11 is 0. The van der Waals surface area contributed by atoms with E-state index in [4.69, 9.17) is 4.74 Å². The Labute approximate surface area is 190 Å². The minimum Gasteiger partial charge on any atom is -0.497 e. The first-order valence-electron chi connectivity index (χ1n) is 11.3. The van der Waals surface area contributed by atoms with Crippen molar-refractivity contribution in [1.82, 2.24) is 9.21 Å². The van der Waals surface area contributed by atoms with E-state index in [0.29, 0.717) is 13.1 Å². The van der Waals surface area contributed by atoms with E-state index in [2.05, 4.69) is 0 Å². The van der Waals surface area contributed by atoms with Gasteiger partial charge in [0.2, 0.25) is 15.9 Å². The van der Waals surface area contributed by atoms with Crippen LogP contribution in [0.1, 0.15) is 44.1 Å². The van der Waals surface area contributed by atoms with Crippen molar-refractivity contribution in [3.8, 4) is 5.75 Å². The van der Waals surface area contributed by atoms with Gasteiger partial charge in [-0.2, -0.15) is 4.31 Å². The van der Waals surface area contributed by atoms with Crippen molar-refractivity contribution in [1.29, 1.82) is 0 Å². The molecule has 1 amide bonds. The zero-order chi connectivity index (χ0) is 23.0. The second-order valence-electron chi connectivity index (χ2n) is 9.13. The third kappa shape index (κ3) is 4.41. The topological polar surface area (TPSA) is 101 Å². The molecule has 1 aromatic rings. The van der Waals surface area contributed by atoms with Crippen LogP contribution in [-0.2, 0) is 30.1 Å². The number of piperazine rings is 1. The van der Waals surface area contributed by atoms with Gasteiger partial charge < -0.3 is 9.64 Å². The molecule has 3 aliphatic rings. The molecule has 0 bridgehead atoms. The van der Waals surface area contributed by atoms with Gasteiger partial charge in [0.15, 0.2) is 9.84 Å². The van der Waals surface area contributed by atoms with Crippen molar-refractivity contribution in [3.63, 3.8) is 0 Å². The molecular formula is C22H32N2O6S2. The standard InChI is InChI=1S/C22H32N2O6S2/c1-30-19-7-5-18(6-8-19)22(10-3-2-4-11-22)21(25)23-12-14-24(15-13-23)32(28,29)20-9-16-31(26,27)17-20/h5-8,20H,2-4,9-17H2,1H3. The Morgan fingerprint density at radius 3 is 2.19 bits per heavy atom. The predicted octanol–water partition coefficient (Wildman–Crippen LogP) is 1.56. The second kappa shape index (κ2) is 8.95. The number of sulfonamides is 1. The molecule has 4 rings (SSSR count). The first-order valence-corrected chi connectivity index (χ1v) is 14.6. The van der Waals surface area contributed by atoms with Crippen LogP contribution in [0.25, 0.3) is 0 Å². The number of carbonyl (C=O) groups is 1. The van der Waals surface area contributed by atoms with E-state index in [9.17, 15) is 21.6 Å². The molecule has 178 valence electrons. The molecule has 1 aliphatic carbocycles. The summed E-state index contributed by atoms with van der Waals surface area (Å²) < 4.78 is 56.0. The van der Waals surface area contributed by atoms with Gasteiger partial charge >= 0.3 is 0 Å². The van der Waals surface area contributed by atoms with Gasteiger partial charge in [0, 0.05) is 26.2 Å². The molecule has 8 nitrogen and oxygen atoms in total. The molecule has 10 heteroatoms. The monoisotopic (exact) mass is 484 g/mol. The molecule has 0 aromatic heterocycles. The fourth-order valence-electron chi connectivity index (χ4n) is 5.35. The van der Waals surface area contributed by atoms with Gasteiger partial charge in [-0.05, 0) is 37.0 Å². The Hall–Kier alpha value is -1.65. The summed E-state index contributed by atoms with van der Waals surface area (Å²) in [5.74, 6) is 0.456. The van der Waals surface area contributed by atoms with Crippen LogP contribution < -0.4 is 4.74 Å². The number of methoxy groups -OCH3 is 1. The van der Waals surface area contributed by atoms with E-state index in [0.717, 1.165) is 43.4 Å². The third-order valence-corrected chi connectivity index (χ3v) is 11.6. The maximum absolute atomic E-state index is 13.8. The number of rotatable bonds is 5. The third-order valence-electron chi connectivity index (χ3n) is 7.26. The van der Waals surface area contributed by atoms with Crippen molar-refractivity contribution in [3.05, 3.63) is 29.8 Å². The van der Waals surface area contributed by atoms with Crippen LogP contribution in [0, 0.1) is 0 Å². The maximum atomic E-state index is 13.8. The number of ether oxygens (including phenoxy) is 1. The molecular weight excluding hydrogens is 452 g/mol. The van der Waals surface area contributed by atoms with Crippen LogP contribution >= 0.6 is 0 Å². The lowest BCUT2D eigenvalue weighted by molar-refractivity contribution is -0.140. The largest absolute Gasteiger partial charge is 0.497 e. The number of benzene rings is 1. The van der Waals surface area contributed by atoms with E-state index in [-0.39, 0.29) is 36.9 Å². The molecule has 1 saturated carbocycles. The van der Waals surface area contributed by atoms with E-state index in [1.807, 2.05) is 24.3 Å². The Morgan fingerprint density at radius 2 is 1.66 bits per heavy atom. The van der Waals surface area contributed by atoms with Crippen molar-refractivity contribution in [2.45, 2.75) is 49.2 Å². The first-order chi connectivity index (χ1) is 15.2. The molecule has 2 heterocycles. The van der Waals surface area contributed by atoms with Crippen molar-refractivity contribution >= 4 is 25.8 Å². The van der Waals surface area contributed by atoms with Gasteiger partial charge in [0.05, 0.1) is 29.3 Å². The smallest absolute Gasteiger partial charge is 0.233 e. The number of hydrogen-bond acceptors (Lipinski definition) is 6. The van der Waals surface area contributed by atoms with Gasteiger partial charge in [-0.1, -0.05) is 31.4 Å². The van der Waals surface area contributed by atoms with Crippen molar-refractivity contribution in [2.75, 3.05) is 44.8 Å². The molecule has 0 spiro atoms. The number of nitrogens with zero attached hydrogens (tertiary/aromatic N) is 2. The number of amides is 1. The normalized spacial score (nSPS) is 26.0. The molecule has 1 aromatic carbocycles. The summed E-state index contributed by atoms with van der Waals surface area (Å²) in [5, 5.41) is -0.862. The summed E-state index contributed by atoms with van der Waals surface area (Å²) in [6.45, 7) is 1.08. The summed E-state index contributed by atoms with van der Waals surface area (Å²) in [6, 6.07) is 7.73. The number of carbonyl (C=O) groups excluding carboxylic acids is 1. The molecule has 1 unspecified atom stereocenters. The fourth-order valence-corrected chi connectivity index (χ4v) is 9.86. The molecule has 2 saturated heterocycles. The molecule has 2 aliphatic heterocycles. The molecule has 32 heavy (non-hydrogen) atoms. The molecule has 1 atom stereocenters. The maximum Gasteiger partial charge on any atom is 0.233 e. The van der Waals surface area contributed by atoms with E-state index in [1.165, 1.54) is 4.31 Å². The van der Waals surface area contributed by atoms with Crippen LogP contribution in [0.4, 0.5) is 0 Å². The zero-order valence-electron chi connectivity index (χ0n) is 18.5. The Bertz CT molecular complexity index is 1040. The second-order valence-corrected chi connectivity index (χ2v) is 13.6. The highest BCUT2D eigenvalue weighted by atomic mass is 32.2. The lowest BCUT2D eigenvalue weighted by atomic mass is 9.68. The lowest BCUT2D eigenvalue weighted by Gasteiger charge is -2.43. The SMILES string of the molecule is COc1ccc(C2(C(=O)N3CCN(S(=O)(=O)C4CCS(=O)(=O)C4)CC3)CCCCC2)cc1. The summed E-state index contributed by atoms with van der Waals surface area (Å²) in [6.07, 6.45) is 4.82. The van der Waals surface area contributed by atoms with Crippen molar-refractivity contribution in [2.24, 2.45) is 0 Å². The average Bonchev–Trinajstić information content (AvgIpc) is 3.19. The minimum absolute atomic E-state index is 0.0697. The van der Waals surface area contributed by atoms with Gasteiger partial charge in [-0.3, -0.25) is 4.79 Å². The van der Waals surface area contributed by atoms with Gasteiger partial charge in [0.25, 0.3) is 0 Å². The van der Waals surface area contributed by atoms with Gasteiger partial charge in [-0.25, -0.2) is 16.8 Å². The highest BCUT2D eigenvalue weighted by Crippen LogP contribution is 2.42. The average molecular weight is 485 g/mol. The highest BCUT2D eigenvalue weighted by molar-refractivity contribution is 7.95.